The lowest BCUT2D eigenvalue weighted by Crippen LogP contribution is -2.56. The molecule has 0 amide bonds. The number of allylic oxidation sites excluding steroid dienone is 3. The van der Waals surface area contributed by atoms with Gasteiger partial charge in [-0.05, 0) is 54.8 Å². The Morgan fingerprint density at radius 1 is 1.36 bits per heavy atom. The van der Waals surface area contributed by atoms with Crippen molar-refractivity contribution in [1.29, 1.82) is 0 Å². The summed E-state index contributed by atoms with van der Waals surface area (Å²) in [6, 6.07) is 0. The van der Waals surface area contributed by atoms with E-state index in [1.54, 1.807) is 5.57 Å². The van der Waals surface area contributed by atoms with Crippen LogP contribution in [-0.2, 0) is 4.79 Å². The van der Waals surface area contributed by atoms with Gasteiger partial charge in [0.25, 0.3) is 0 Å². The number of hydrogen-bond donors (Lipinski definition) is 1. The normalized spacial score (nSPS) is 48.2. The largest absolute Gasteiger partial charge is 0.395 e. The summed E-state index contributed by atoms with van der Waals surface area (Å²) < 4.78 is 0. The average Bonchev–Trinajstić information content (AvgIpc) is 2.51. The second-order valence-electron chi connectivity index (χ2n) is 8.70. The van der Waals surface area contributed by atoms with Crippen LogP contribution in [0.4, 0.5) is 0 Å². The minimum atomic E-state index is -0.547. The van der Waals surface area contributed by atoms with Crippen LogP contribution in [0.5, 0.6) is 0 Å². The molecular weight excluding hydrogens is 272 g/mol. The zero-order chi connectivity index (χ0) is 16.2. The Kier molecular flexibility index (Phi) is 3.67. The second kappa shape index (κ2) is 5.06. The van der Waals surface area contributed by atoms with Gasteiger partial charge in [0.15, 0.2) is 0 Å². The van der Waals surface area contributed by atoms with Crippen molar-refractivity contribution in [2.75, 3.05) is 6.61 Å². The summed E-state index contributed by atoms with van der Waals surface area (Å²) in [5.41, 5.74) is 1.43. The molecule has 3 aliphatic carbocycles. The molecule has 0 bridgehead atoms. The Labute approximate surface area is 134 Å². The van der Waals surface area contributed by atoms with E-state index in [2.05, 4.69) is 32.6 Å². The molecule has 0 aromatic carbocycles. The van der Waals surface area contributed by atoms with Crippen LogP contribution in [0.1, 0.15) is 59.3 Å². The molecule has 2 saturated carbocycles. The molecule has 0 aromatic rings. The summed E-state index contributed by atoms with van der Waals surface area (Å²) in [5.74, 6) is 1.13. The first-order chi connectivity index (χ1) is 10.3. The second-order valence-corrected chi connectivity index (χ2v) is 8.70. The van der Waals surface area contributed by atoms with E-state index in [-0.39, 0.29) is 29.1 Å². The molecule has 0 heterocycles. The van der Waals surface area contributed by atoms with Crippen LogP contribution in [0.3, 0.4) is 0 Å². The van der Waals surface area contributed by atoms with Crippen molar-refractivity contribution in [2.45, 2.75) is 59.3 Å². The fourth-order valence-electron chi connectivity index (χ4n) is 5.66. The number of rotatable bonds is 2. The molecule has 0 aromatic heterocycles. The molecule has 3 aliphatic rings. The summed E-state index contributed by atoms with van der Waals surface area (Å²) in [6.07, 6.45) is 10.6. The van der Waals surface area contributed by atoms with Gasteiger partial charge in [0, 0.05) is 6.42 Å². The Morgan fingerprint density at radius 2 is 2.09 bits per heavy atom. The predicted molar refractivity (Wildman–Crippen MR) is 89.4 cm³/mol. The third-order valence-corrected chi connectivity index (χ3v) is 7.39. The summed E-state index contributed by atoms with van der Waals surface area (Å²) >= 11 is 0. The van der Waals surface area contributed by atoms with Crippen molar-refractivity contribution in [3.63, 3.8) is 0 Å². The van der Waals surface area contributed by atoms with Crippen molar-refractivity contribution < 1.29 is 9.90 Å². The van der Waals surface area contributed by atoms with Crippen molar-refractivity contribution >= 4 is 5.78 Å². The Morgan fingerprint density at radius 3 is 2.73 bits per heavy atom. The van der Waals surface area contributed by atoms with Crippen molar-refractivity contribution in [2.24, 2.45) is 28.1 Å². The highest BCUT2D eigenvalue weighted by atomic mass is 16.3. The van der Waals surface area contributed by atoms with Crippen LogP contribution in [0.2, 0.25) is 0 Å². The number of aliphatic hydroxyl groups is 1. The first-order valence-corrected chi connectivity index (χ1v) is 8.76. The topological polar surface area (TPSA) is 37.3 Å². The van der Waals surface area contributed by atoms with Crippen molar-refractivity contribution in [1.82, 2.24) is 0 Å². The average molecular weight is 302 g/mol. The number of hydrogen-bond acceptors (Lipinski definition) is 2. The van der Waals surface area contributed by atoms with Gasteiger partial charge in [0.05, 0.1) is 12.0 Å². The maximum Gasteiger partial charge on any atom is 0.141 e. The van der Waals surface area contributed by atoms with Gasteiger partial charge in [-0.15, -0.1) is 6.58 Å². The first-order valence-electron chi connectivity index (χ1n) is 8.76. The number of aliphatic hydroxyl groups excluding tert-OH is 1. The maximum atomic E-state index is 12.5. The smallest absolute Gasteiger partial charge is 0.141 e. The third-order valence-electron chi connectivity index (χ3n) is 7.39. The fourth-order valence-corrected chi connectivity index (χ4v) is 5.66. The number of fused-ring (bicyclic) bond motifs is 3. The van der Waals surface area contributed by atoms with E-state index in [1.165, 1.54) is 12.8 Å². The molecular formula is C20H30O2. The SMILES string of the molecule is C=C[C@@]1(C)CCC2C(=CCC3[C@]2(C)CCC(=O)[C@]3(C)CO)C1. The summed E-state index contributed by atoms with van der Waals surface area (Å²) in [7, 11) is 0. The van der Waals surface area contributed by atoms with Gasteiger partial charge in [0.1, 0.15) is 5.78 Å². The highest BCUT2D eigenvalue weighted by molar-refractivity contribution is 5.86. The minimum Gasteiger partial charge on any atom is -0.395 e. The summed E-state index contributed by atoms with van der Waals surface area (Å²) in [5, 5.41) is 9.94. The Balaban J connectivity index is 1.98. The molecule has 1 N–H and O–H groups in total. The highest BCUT2D eigenvalue weighted by Gasteiger charge is 2.58. The molecule has 0 aliphatic heterocycles. The summed E-state index contributed by atoms with van der Waals surface area (Å²) in [6.45, 7) is 10.7. The molecule has 2 heteroatoms. The van der Waals surface area contributed by atoms with Gasteiger partial charge >= 0.3 is 0 Å². The van der Waals surface area contributed by atoms with Crippen molar-refractivity contribution in [3.8, 4) is 0 Å². The van der Waals surface area contributed by atoms with Crippen LogP contribution in [0, 0.1) is 28.1 Å². The maximum absolute atomic E-state index is 12.5. The standard InChI is InChI=1S/C20H30O2/c1-5-18(2)10-8-15-14(12-18)6-7-16-19(15,3)11-9-17(22)20(16,4)13-21/h5-6,15-16,21H,1,7-13H2,2-4H3/t15?,16?,18-,19+,20+/m0/s1. The van der Waals surface area contributed by atoms with Crippen molar-refractivity contribution in [3.05, 3.63) is 24.3 Å². The van der Waals surface area contributed by atoms with Gasteiger partial charge in [-0.25, -0.2) is 0 Å². The number of ketones is 1. The monoisotopic (exact) mass is 302 g/mol. The van der Waals surface area contributed by atoms with Crippen LogP contribution < -0.4 is 0 Å². The molecule has 2 unspecified atom stereocenters. The predicted octanol–water partition coefficient (Wildman–Crippen LogP) is 4.29. The fraction of sp³-hybridized carbons (Fsp3) is 0.750. The molecule has 22 heavy (non-hydrogen) atoms. The van der Waals surface area contributed by atoms with Gasteiger partial charge in [-0.1, -0.05) is 38.5 Å². The molecule has 5 atom stereocenters. The van der Waals surface area contributed by atoms with E-state index in [0.717, 1.165) is 19.3 Å². The molecule has 0 spiro atoms. The molecule has 0 radical (unpaired) electrons. The minimum absolute atomic E-state index is 0.00758. The Bertz CT molecular complexity index is 534. The first kappa shape index (κ1) is 16.0. The lowest BCUT2D eigenvalue weighted by molar-refractivity contribution is -0.150. The summed E-state index contributed by atoms with van der Waals surface area (Å²) in [4.78, 5) is 12.5. The molecule has 2 nitrogen and oxygen atoms in total. The van der Waals surface area contributed by atoms with E-state index < -0.39 is 5.41 Å². The molecule has 122 valence electrons. The van der Waals surface area contributed by atoms with Gasteiger partial charge in [0.2, 0.25) is 0 Å². The van der Waals surface area contributed by atoms with Crippen LogP contribution in [0.25, 0.3) is 0 Å². The molecule has 2 fully saturated rings. The zero-order valence-corrected chi connectivity index (χ0v) is 14.3. The van der Waals surface area contributed by atoms with Gasteiger partial charge in [-0.3, -0.25) is 4.79 Å². The molecule has 0 saturated heterocycles. The number of carbonyl (C=O) groups is 1. The number of Topliss-reactive ketones (excluding diaryl/α,β-unsaturated/α-hetero) is 1. The number of carbonyl (C=O) groups excluding carboxylic acids is 1. The zero-order valence-electron chi connectivity index (χ0n) is 14.3. The molecule has 3 rings (SSSR count). The lowest BCUT2D eigenvalue weighted by Gasteiger charge is -2.58. The quantitative estimate of drug-likeness (QED) is 0.772. The highest BCUT2D eigenvalue weighted by Crippen LogP contribution is 2.62. The third kappa shape index (κ3) is 2.06. The Hall–Kier alpha value is -0.890. The van der Waals surface area contributed by atoms with Crippen LogP contribution in [0.15, 0.2) is 24.3 Å². The van der Waals surface area contributed by atoms with Gasteiger partial charge < -0.3 is 5.11 Å². The lowest BCUT2D eigenvalue weighted by atomic mass is 9.45. The van der Waals surface area contributed by atoms with Crippen LogP contribution >= 0.6 is 0 Å². The van der Waals surface area contributed by atoms with E-state index >= 15 is 0 Å². The van der Waals surface area contributed by atoms with E-state index in [4.69, 9.17) is 0 Å². The van der Waals surface area contributed by atoms with Gasteiger partial charge in [-0.2, -0.15) is 0 Å². The van der Waals surface area contributed by atoms with Crippen LogP contribution in [-0.4, -0.2) is 17.5 Å². The van der Waals surface area contributed by atoms with E-state index in [1.807, 2.05) is 6.92 Å². The van der Waals surface area contributed by atoms with E-state index in [0.29, 0.717) is 12.3 Å². The van der Waals surface area contributed by atoms with E-state index in [9.17, 15) is 9.90 Å².